The van der Waals surface area contributed by atoms with Crippen molar-refractivity contribution in [2.75, 3.05) is 13.2 Å². The Kier molecular flexibility index (Phi) is 3.98. The molecule has 1 amide bonds. The number of nitrogens with zero attached hydrogens (tertiary/aromatic N) is 4. The summed E-state index contributed by atoms with van der Waals surface area (Å²) in [5, 5.41) is 25.8. The molecule has 0 aromatic carbocycles. The van der Waals surface area contributed by atoms with Crippen molar-refractivity contribution >= 4 is 17.2 Å². The predicted molar refractivity (Wildman–Crippen MR) is 77.5 cm³/mol. The summed E-state index contributed by atoms with van der Waals surface area (Å²) in [6.07, 6.45) is 2.88. The van der Waals surface area contributed by atoms with Crippen molar-refractivity contribution in [2.24, 2.45) is 5.41 Å². The Morgan fingerprint density at radius 2 is 2.38 bits per heavy atom. The van der Waals surface area contributed by atoms with E-state index in [2.05, 4.69) is 20.7 Å². The van der Waals surface area contributed by atoms with Gasteiger partial charge in [0.1, 0.15) is 6.54 Å². The first-order chi connectivity index (χ1) is 10.2. The van der Waals surface area contributed by atoms with Crippen LogP contribution in [0.5, 0.6) is 0 Å². The van der Waals surface area contributed by atoms with Crippen LogP contribution in [0.1, 0.15) is 19.3 Å². The van der Waals surface area contributed by atoms with Gasteiger partial charge in [0.05, 0.1) is 4.88 Å². The highest BCUT2D eigenvalue weighted by Crippen LogP contribution is 2.47. The van der Waals surface area contributed by atoms with Crippen molar-refractivity contribution in [2.45, 2.75) is 25.8 Å². The topological polar surface area (TPSA) is 92.9 Å². The SMILES string of the molecule is O=C(Cn1nnc(-c2cccs2)n1)NCC1(CCO)CC1. The molecule has 1 saturated carbocycles. The number of amides is 1. The number of aliphatic hydroxyl groups excluding tert-OH is 1. The summed E-state index contributed by atoms with van der Waals surface area (Å²) < 4.78 is 0. The van der Waals surface area contributed by atoms with Gasteiger partial charge in [-0.1, -0.05) is 6.07 Å². The summed E-state index contributed by atoms with van der Waals surface area (Å²) in [6.45, 7) is 0.844. The highest BCUT2D eigenvalue weighted by molar-refractivity contribution is 7.13. The van der Waals surface area contributed by atoms with Crippen molar-refractivity contribution in [1.82, 2.24) is 25.5 Å². The van der Waals surface area contributed by atoms with Crippen LogP contribution in [0, 0.1) is 5.41 Å². The fourth-order valence-electron chi connectivity index (χ4n) is 2.21. The van der Waals surface area contributed by atoms with E-state index in [-0.39, 0.29) is 24.5 Å². The summed E-state index contributed by atoms with van der Waals surface area (Å²) in [4.78, 5) is 14.1. The zero-order valence-corrected chi connectivity index (χ0v) is 12.3. The lowest BCUT2D eigenvalue weighted by Gasteiger charge is -2.14. The summed E-state index contributed by atoms with van der Waals surface area (Å²) in [5.41, 5.74) is 0.113. The molecule has 0 atom stereocenters. The summed E-state index contributed by atoms with van der Waals surface area (Å²) >= 11 is 1.53. The Morgan fingerprint density at radius 1 is 1.52 bits per heavy atom. The van der Waals surface area contributed by atoms with Crippen molar-refractivity contribution < 1.29 is 9.90 Å². The Balaban J connectivity index is 1.51. The number of rotatable bonds is 7. The van der Waals surface area contributed by atoms with Gasteiger partial charge < -0.3 is 10.4 Å². The molecular formula is C13H17N5O2S. The third-order valence-corrected chi connectivity index (χ3v) is 4.61. The first kappa shape index (κ1) is 14.2. The van der Waals surface area contributed by atoms with Crippen LogP contribution in [0.3, 0.4) is 0 Å². The third kappa shape index (κ3) is 3.45. The maximum absolute atomic E-state index is 11.9. The van der Waals surface area contributed by atoms with Crippen LogP contribution < -0.4 is 5.32 Å². The number of thiophene rings is 1. The van der Waals surface area contributed by atoms with E-state index in [1.54, 1.807) is 0 Å². The van der Waals surface area contributed by atoms with Crippen LogP contribution in [-0.2, 0) is 11.3 Å². The second-order valence-corrected chi connectivity index (χ2v) is 6.32. The van der Waals surface area contributed by atoms with Gasteiger partial charge >= 0.3 is 0 Å². The molecule has 1 fully saturated rings. The fourth-order valence-corrected chi connectivity index (χ4v) is 2.86. The van der Waals surface area contributed by atoms with Crippen LogP contribution in [0.2, 0.25) is 0 Å². The van der Waals surface area contributed by atoms with Crippen LogP contribution in [0.4, 0.5) is 0 Å². The largest absolute Gasteiger partial charge is 0.396 e. The number of carbonyl (C=O) groups is 1. The molecule has 0 unspecified atom stereocenters. The van der Waals surface area contributed by atoms with Gasteiger partial charge in [-0.2, -0.15) is 4.80 Å². The standard InChI is InChI=1S/C13H17N5O2S/c19-6-5-13(3-4-13)9-14-11(20)8-18-16-12(15-17-18)10-2-1-7-21-10/h1-2,7,19H,3-6,8-9H2,(H,14,20). The minimum absolute atomic E-state index is 0.0631. The van der Waals surface area contributed by atoms with Crippen molar-refractivity contribution in [1.29, 1.82) is 0 Å². The maximum atomic E-state index is 11.9. The number of aliphatic hydroxyl groups is 1. The number of nitrogens with one attached hydrogen (secondary N) is 1. The molecule has 3 rings (SSSR count). The molecule has 0 spiro atoms. The van der Waals surface area contributed by atoms with Gasteiger partial charge in [0.25, 0.3) is 0 Å². The van der Waals surface area contributed by atoms with Gasteiger partial charge in [-0.3, -0.25) is 4.79 Å². The van der Waals surface area contributed by atoms with E-state index in [0.29, 0.717) is 12.4 Å². The first-order valence-electron chi connectivity index (χ1n) is 6.90. The van der Waals surface area contributed by atoms with Crippen molar-refractivity contribution in [3.8, 4) is 10.7 Å². The normalized spacial score (nSPS) is 15.9. The fraction of sp³-hybridized carbons (Fsp3) is 0.538. The summed E-state index contributed by atoms with van der Waals surface area (Å²) in [7, 11) is 0. The van der Waals surface area contributed by atoms with E-state index in [4.69, 9.17) is 5.11 Å². The Labute approximate surface area is 126 Å². The van der Waals surface area contributed by atoms with Gasteiger partial charge in [0.15, 0.2) is 0 Å². The Hall–Kier alpha value is -1.80. The summed E-state index contributed by atoms with van der Waals surface area (Å²) in [6, 6.07) is 3.83. The van der Waals surface area contributed by atoms with Gasteiger partial charge in [0.2, 0.25) is 11.7 Å². The van der Waals surface area contributed by atoms with Crippen LogP contribution in [0.15, 0.2) is 17.5 Å². The highest BCUT2D eigenvalue weighted by Gasteiger charge is 2.41. The predicted octanol–water partition coefficient (Wildman–Crippen LogP) is 0.680. The molecule has 1 aliphatic carbocycles. The van der Waals surface area contributed by atoms with E-state index in [1.807, 2.05) is 17.5 Å². The van der Waals surface area contributed by atoms with Crippen LogP contribution in [0.25, 0.3) is 10.7 Å². The quantitative estimate of drug-likeness (QED) is 0.784. The van der Waals surface area contributed by atoms with Crippen LogP contribution >= 0.6 is 11.3 Å². The lowest BCUT2D eigenvalue weighted by atomic mass is 10.0. The van der Waals surface area contributed by atoms with Crippen molar-refractivity contribution in [3.05, 3.63) is 17.5 Å². The molecule has 2 N–H and O–H groups in total. The zero-order valence-electron chi connectivity index (χ0n) is 11.5. The summed E-state index contributed by atoms with van der Waals surface area (Å²) in [5.74, 6) is 0.408. The van der Waals surface area contributed by atoms with Gasteiger partial charge in [-0.05, 0) is 41.3 Å². The van der Waals surface area contributed by atoms with E-state index in [9.17, 15) is 4.79 Å². The Morgan fingerprint density at radius 3 is 3.05 bits per heavy atom. The zero-order chi connectivity index (χ0) is 14.7. The molecule has 0 bridgehead atoms. The molecule has 1 aliphatic rings. The van der Waals surface area contributed by atoms with Crippen molar-refractivity contribution in [3.63, 3.8) is 0 Å². The number of hydrogen-bond acceptors (Lipinski definition) is 6. The van der Waals surface area contributed by atoms with Gasteiger partial charge in [-0.25, -0.2) is 0 Å². The molecule has 0 radical (unpaired) electrons. The number of carbonyl (C=O) groups excluding carboxylic acids is 1. The first-order valence-corrected chi connectivity index (χ1v) is 7.78. The second-order valence-electron chi connectivity index (χ2n) is 5.37. The monoisotopic (exact) mass is 307 g/mol. The smallest absolute Gasteiger partial charge is 0.243 e. The maximum Gasteiger partial charge on any atom is 0.243 e. The lowest BCUT2D eigenvalue weighted by molar-refractivity contribution is -0.122. The highest BCUT2D eigenvalue weighted by atomic mass is 32.1. The van der Waals surface area contributed by atoms with E-state index < -0.39 is 0 Å². The molecule has 2 aromatic heterocycles. The third-order valence-electron chi connectivity index (χ3n) is 3.74. The average molecular weight is 307 g/mol. The lowest BCUT2D eigenvalue weighted by Crippen LogP contribution is -2.33. The molecular weight excluding hydrogens is 290 g/mol. The molecule has 2 heterocycles. The molecule has 8 heteroatoms. The molecule has 112 valence electrons. The minimum Gasteiger partial charge on any atom is -0.396 e. The van der Waals surface area contributed by atoms with Gasteiger partial charge in [0, 0.05) is 13.2 Å². The average Bonchev–Trinajstić information content (AvgIpc) is 2.91. The number of aromatic nitrogens is 4. The number of hydrogen-bond donors (Lipinski definition) is 2. The Bertz CT molecular complexity index is 606. The van der Waals surface area contributed by atoms with Gasteiger partial charge in [-0.15, -0.1) is 21.5 Å². The molecule has 7 nitrogen and oxygen atoms in total. The molecule has 0 aliphatic heterocycles. The molecule has 0 saturated heterocycles. The molecule has 2 aromatic rings. The minimum atomic E-state index is -0.130. The van der Waals surface area contributed by atoms with E-state index in [0.717, 1.165) is 24.1 Å². The van der Waals surface area contributed by atoms with E-state index in [1.165, 1.54) is 16.1 Å². The van der Waals surface area contributed by atoms with Crippen LogP contribution in [-0.4, -0.2) is 44.4 Å². The molecule has 21 heavy (non-hydrogen) atoms. The number of tetrazole rings is 1. The van der Waals surface area contributed by atoms with E-state index >= 15 is 0 Å². The second kappa shape index (κ2) is 5.90.